The molecule has 0 aromatic rings. The average Bonchev–Trinajstić information content (AvgIpc) is 2.75. The number of rotatable bonds is 24. The minimum absolute atomic E-state index is 0.336. The van der Waals surface area contributed by atoms with E-state index in [2.05, 4.69) is 13.8 Å². The standard InChI is InChI=1S/2C6H15O4Si.2C4H9O.Sn/c2*1-4-8-11(7,9-5-2)10-6-3;2*1-2-3-4-5;/h2*4-6H2,1-3H3;2*2-4H2,1H3;/q4*-1;+4. The van der Waals surface area contributed by atoms with Crippen molar-refractivity contribution in [2.75, 3.05) is 52.9 Å². The number of hydrogen-bond acceptors (Lipinski definition) is 10. The van der Waals surface area contributed by atoms with E-state index >= 15 is 0 Å². The minimum atomic E-state index is -4.98. The summed E-state index contributed by atoms with van der Waals surface area (Å²) in [4.78, 5) is 0. The zero-order valence-corrected chi connectivity index (χ0v) is 26.9. The normalized spacial score (nSPS) is 13.1. The van der Waals surface area contributed by atoms with Crippen molar-refractivity contribution in [1.29, 1.82) is 0 Å². The Morgan fingerprint density at radius 1 is 0.455 bits per heavy atom. The molecular formula is C20H48O10Si2Sn. The Kier molecular flexibility index (Phi) is 20.5. The van der Waals surface area contributed by atoms with Crippen molar-refractivity contribution in [3.63, 3.8) is 0 Å². The quantitative estimate of drug-likeness (QED) is 0.115. The first kappa shape index (κ1) is 33.8. The Morgan fingerprint density at radius 2 is 0.727 bits per heavy atom. The molecule has 0 aliphatic rings. The summed E-state index contributed by atoms with van der Waals surface area (Å²) in [6.45, 7) is 18.1. The summed E-state index contributed by atoms with van der Waals surface area (Å²) in [5.41, 5.74) is 0. The van der Waals surface area contributed by atoms with Gasteiger partial charge in [-0.25, -0.2) is 0 Å². The molecule has 0 spiro atoms. The molecule has 0 saturated heterocycles. The van der Waals surface area contributed by atoms with Gasteiger partial charge < -0.3 is 0 Å². The maximum absolute atomic E-state index is 6.55. The molecule has 0 amide bonds. The van der Waals surface area contributed by atoms with Gasteiger partial charge >= 0.3 is 210 Å². The van der Waals surface area contributed by atoms with E-state index in [-0.39, 0.29) is 0 Å². The molecule has 13 heteroatoms. The molecule has 0 heterocycles. The van der Waals surface area contributed by atoms with E-state index in [1.165, 1.54) is 0 Å². The molecule has 33 heavy (non-hydrogen) atoms. The van der Waals surface area contributed by atoms with Gasteiger partial charge in [0.15, 0.2) is 0 Å². The molecule has 0 atom stereocenters. The first-order valence-corrected chi connectivity index (χ1v) is 20.3. The van der Waals surface area contributed by atoms with Crippen LogP contribution in [0.1, 0.15) is 81.1 Å². The molecule has 10 nitrogen and oxygen atoms in total. The second kappa shape index (κ2) is 20.0. The van der Waals surface area contributed by atoms with Crippen LogP contribution in [0, 0.1) is 0 Å². The maximum atomic E-state index is 6.55. The Balaban J connectivity index is 6.43. The topological polar surface area (TPSA) is 92.3 Å². The van der Waals surface area contributed by atoms with Crippen LogP contribution in [0.25, 0.3) is 0 Å². The Hall–Kier alpha value is 0.832. The van der Waals surface area contributed by atoms with Crippen LogP contribution in [0.5, 0.6) is 0 Å². The van der Waals surface area contributed by atoms with Crippen LogP contribution in [-0.4, -0.2) is 91.0 Å². The molecule has 0 aromatic carbocycles. The molecule has 0 fully saturated rings. The number of hydrogen-bond donors (Lipinski definition) is 0. The van der Waals surface area contributed by atoms with Gasteiger partial charge in [0.25, 0.3) is 0 Å². The van der Waals surface area contributed by atoms with Crippen molar-refractivity contribution in [3.8, 4) is 0 Å². The molecular weight excluding hydrogens is 575 g/mol. The number of unbranched alkanes of at least 4 members (excludes halogenated alkanes) is 2. The van der Waals surface area contributed by atoms with Gasteiger partial charge in [0, 0.05) is 0 Å². The average molecular weight is 623 g/mol. The second-order valence-electron chi connectivity index (χ2n) is 6.71. The summed E-state index contributed by atoms with van der Waals surface area (Å²) in [6, 6.07) is 0. The third kappa shape index (κ3) is 13.1. The van der Waals surface area contributed by atoms with Crippen LogP contribution >= 0.6 is 0 Å². The van der Waals surface area contributed by atoms with E-state index in [0.717, 1.165) is 25.7 Å². The van der Waals surface area contributed by atoms with Crippen molar-refractivity contribution in [2.24, 2.45) is 0 Å². The zero-order chi connectivity index (χ0) is 25.1. The summed E-state index contributed by atoms with van der Waals surface area (Å²) in [5, 5.41) is 0. The first-order chi connectivity index (χ1) is 15.9. The Bertz CT molecular complexity index is 391. The summed E-state index contributed by atoms with van der Waals surface area (Å²) < 4.78 is 61.5. The fourth-order valence-electron chi connectivity index (χ4n) is 2.66. The van der Waals surface area contributed by atoms with Crippen LogP contribution < -0.4 is 0 Å². The monoisotopic (exact) mass is 624 g/mol. The van der Waals surface area contributed by atoms with Gasteiger partial charge in [0.05, 0.1) is 0 Å². The van der Waals surface area contributed by atoms with E-state index in [4.69, 9.17) is 38.2 Å². The van der Waals surface area contributed by atoms with Gasteiger partial charge in [-0.1, -0.05) is 0 Å². The van der Waals surface area contributed by atoms with Gasteiger partial charge in [0.1, 0.15) is 0 Å². The van der Waals surface area contributed by atoms with E-state index in [1.807, 2.05) is 41.5 Å². The Labute approximate surface area is 209 Å². The van der Waals surface area contributed by atoms with Crippen molar-refractivity contribution >= 4 is 38.1 Å². The molecule has 0 aliphatic heterocycles. The van der Waals surface area contributed by atoms with Gasteiger partial charge in [-0.05, 0) is 0 Å². The van der Waals surface area contributed by atoms with Crippen LogP contribution in [-0.2, 0) is 38.2 Å². The van der Waals surface area contributed by atoms with Crippen LogP contribution in [0.2, 0.25) is 0 Å². The van der Waals surface area contributed by atoms with Gasteiger partial charge in [-0.2, -0.15) is 0 Å². The summed E-state index contributed by atoms with van der Waals surface area (Å²) in [6.07, 6.45) is 3.49. The predicted molar refractivity (Wildman–Crippen MR) is 131 cm³/mol. The first-order valence-electron chi connectivity index (χ1n) is 12.4. The fraction of sp³-hybridized carbons (Fsp3) is 1.00. The molecule has 0 unspecified atom stereocenters. The van der Waals surface area contributed by atoms with Gasteiger partial charge in [-0.3, -0.25) is 0 Å². The van der Waals surface area contributed by atoms with Gasteiger partial charge in [-0.15, -0.1) is 0 Å². The Morgan fingerprint density at radius 3 is 0.939 bits per heavy atom. The summed E-state index contributed by atoms with van der Waals surface area (Å²) in [7, 11) is -7.29. The van der Waals surface area contributed by atoms with Crippen molar-refractivity contribution in [3.05, 3.63) is 0 Å². The SMILES string of the molecule is CCCC[O][Sn]([O]CCCC)([O][Si](OCC)(OCC)OCC)[O][Si](OCC)(OCC)OCC. The van der Waals surface area contributed by atoms with E-state index in [9.17, 15) is 0 Å². The second-order valence-corrected chi connectivity index (χ2v) is 18.8. The summed E-state index contributed by atoms with van der Waals surface area (Å²) >= 11 is -4.98. The van der Waals surface area contributed by atoms with Crippen molar-refractivity contribution in [1.82, 2.24) is 0 Å². The van der Waals surface area contributed by atoms with E-state index in [0.29, 0.717) is 52.9 Å². The fourth-order valence-corrected chi connectivity index (χ4v) is 20.5. The van der Waals surface area contributed by atoms with Crippen LogP contribution in [0.4, 0.5) is 0 Å². The summed E-state index contributed by atoms with van der Waals surface area (Å²) in [5.74, 6) is 0. The molecule has 0 bridgehead atoms. The van der Waals surface area contributed by atoms with E-state index in [1.54, 1.807) is 0 Å². The van der Waals surface area contributed by atoms with E-state index < -0.39 is 38.1 Å². The third-order valence-electron chi connectivity index (χ3n) is 3.98. The molecule has 200 valence electrons. The third-order valence-corrected chi connectivity index (χ3v) is 20.6. The van der Waals surface area contributed by atoms with Crippen LogP contribution in [0.15, 0.2) is 0 Å². The van der Waals surface area contributed by atoms with Gasteiger partial charge in [0.2, 0.25) is 0 Å². The predicted octanol–water partition coefficient (Wildman–Crippen LogP) is 4.18. The van der Waals surface area contributed by atoms with Crippen molar-refractivity contribution in [2.45, 2.75) is 81.1 Å². The van der Waals surface area contributed by atoms with Crippen LogP contribution in [0.3, 0.4) is 0 Å². The zero-order valence-electron chi connectivity index (χ0n) is 22.1. The molecule has 0 rings (SSSR count). The molecule has 0 aromatic heterocycles. The molecule has 0 aliphatic carbocycles. The van der Waals surface area contributed by atoms with Crippen molar-refractivity contribution < 1.29 is 38.2 Å². The molecule has 0 N–H and O–H groups in total. The molecule has 0 saturated carbocycles. The molecule has 0 radical (unpaired) electrons.